The van der Waals surface area contributed by atoms with Gasteiger partial charge in [-0.15, -0.1) is 0 Å². The van der Waals surface area contributed by atoms with Gasteiger partial charge in [0.15, 0.2) is 5.11 Å². The van der Waals surface area contributed by atoms with Crippen LogP contribution in [0.5, 0.6) is 0 Å². The second-order valence-corrected chi connectivity index (χ2v) is 5.04. The van der Waals surface area contributed by atoms with Gasteiger partial charge in [0, 0.05) is 24.6 Å². The van der Waals surface area contributed by atoms with Crippen molar-refractivity contribution in [1.29, 1.82) is 0 Å². The molecule has 1 aromatic carbocycles. The summed E-state index contributed by atoms with van der Waals surface area (Å²) in [5.74, 6) is 0. The van der Waals surface area contributed by atoms with Crippen molar-refractivity contribution in [2.75, 3.05) is 11.9 Å². The molecular weight excluding hydrogens is 268 g/mol. The molecule has 2 N–H and O–H groups in total. The van der Waals surface area contributed by atoms with E-state index in [1.54, 1.807) is 6.20 Å². The van der Waals surface area contributed by atoms with E-state index in [1.807, 2.05) is 29.1 Å². The predicted octanol–water partition coefficient (Wildman–Crippen LogP) is 3.02. The summed E-state index contributed by atoms with van der Waals surface area (Å²) < 4.78 is 1.90. The van der Waals surface area contributed by atoms with E-state index in [0.717, 1.165) is 31.6 Å². The zero-order valence-electron chi connectivity index (χ0n) is 11.7. The molecule has 0 aliphatic heterocycles. The number of hydrogen-bond donors (Lipinski definition) is 2. The van der Waals surface area contributed by atoms with Crippen molar-refractivity contribution < 1.29 is 0 Å². The number of hydrogen-bond acceptors (Lipinski definition) is 2. The summed E-state index contributed by atoms with van der Waals surface area (Å²) in [6, 6.07) is 10.2. The monoisotopic (exact) mass is 288 g/mol. The van der Waals surface area contributed by atoms with Gasteiger partial charge in [-0.05, 0) is 42.4 Å². The first-order chi connectivity index (χ1) is 9.78. The molecule has 0 aliphatic rings. The van der Waals surface area contributed by atoms with Crippen molar-refractivity contribution >= 4 is 23.0 Å². The second-order valence-electron chi connectivity index (χ2n) is 4.64. The minimum absolute atomic E-state index is 0.679. The van der Waals surface area contributed by atoms with E-state index < -0.39 is 0 Å². The van der Waals surface area contributed by atoms with E-state index in [9.17, 15) is 0 Å². The molecule has 4 nitrogen and oxygen atoms in total. The van der Waals surface area contributed by atoms with Crippen molar-refractivity contribution in [3.8, 4) is 0 Å². The highest BCUT2D eigenvalue weighted by molar-refractivity contribution is 7.80. The first kappa shape index (κ1) is 14.5. The molecule has 0 fully saturated rings. The van der Waals surface area contributed by atoms with Crippen molar-refractivity contribution in [3.63, 3.8) is 0 Å². The summed E-state index contributed by atoms with van der Waals surface area (Å²) in [5.41, 5.74) is 2.22. The van der Waals surface area contributed by atoms with Crippen molar-refractivity contribution in [3.05, 3.63) is 48.3 Å². The minimum Gasteiger partial charge on any atom is -0.362 e. The van der Waals surface area contributed by atoms with E-state index in [1.165, 1.54) is 5.56 Å². The molecule has 106 valence electrons. The Kier molecular flexibility index (Phi) is 5.55. The van der Waals surface area contributed by atoms with Gasteiger partial charge < -0.3 is 10.6 Å². The summed E-state index contributed by atoms with van der Waals surface area (Å²) in [7, 11) is 0. The Bertz CT molecular complexity index is 519. The molecule has 2 aromatic rings. The lowest BCUT2D eigenvalue weighted by molar-refractivity contribution is 0.687. The highest BCUT2D eigenvalue weighted by Crippen LogP contribution is 2.10. The van der Waals surface area contributed by atoms with E-state index in [4.69, 9.17) is 12.2 Å². The molecule has 20 heavy (non-hydrogen) atoms. The normalized spacial score (nSPS) is 10.2. The number of aromatic nitrogens is 2. The van der Waals surface area contributed by atoms with Gasteiger partial charge in [0.25, 0.3) is 0 Å². The Morgan fingerprint density at radius 3 is 2.75 bits per heavy atom. The van der Waals surface area contributed by atoms with Crippen LogP contribution in [0.4, 0.5) is 5.69 Å². The molecule has 0 unspecified atom stereocenters. The fourth-order valence-corrected chi connectivity index (χ4v) is 2.05. The average Bonchev–Trinajstić information content (AvgIpc) is 2.94. The zero-order valence-corrected chi connectivity index (χ0v) is 12.5. The lowest BCUT2D eigenvalue weighted by Crippen LogP contribution is -2.29. The molecular formula is C15H20N4S. The van der Waals surface area contributed by atoms with Gasteiger partial charge in [0.2, 0.25) is 0 Å². The van der Waals surface area contributed by atoms with Crippen LogP contribution in [0.2, 0.25) is 0 Å². The van der Waals surface area contributed by atoms with Crippen LogP contribution >= 0.6 is 12.2 Å². The molecule has 0 radical (unpaired) electrons. The third kappa shape index (κ3) is 4.66. The highest BCUT2D eigenvalue weighted by Gasteiger charge is 1.99. The number of benzene rings is 1. The first-order valence-electron chi connectivity index (χ1n) is 6.89. The number of unbranched alkanes of at least 4 members (excludes halogenated alkanes) is 1. The van der Waals surface area contributed by atoms with Crippen molar-refractivity contribution in [2.45, 2.75) is 26.3 Å². The Labute approximate surface area is 125 Å². The van der Waals surface area contributed by atoms with Crippen LogP contribution in [0.3, 0.4) is 0 Å². The highest BCUT2D eigenvalue weighted by atomic mass is 32.1. The van der Waals surface area contributed by atoms with Gasteiger partial charge in [-0.3, -0.25) is 4.68 Å². The van der Waals surface area contributed by atoms with Gasteiger partial charge in [0.1, 0.15) is 0 Å². The van der Waals surface area contributed by atoms with Gasteiger partial charge in [-0.1, -0.05) is 25.5 Å². The van der Waals surface area contributed by atoms with Crippen LogP contribution in [0.25, 0.3) is 0 Å². The van der Waals surface area contributed by atoms with Crippen LogP contribution in [0.1, 0.15) is 25.3 Å². The first-order valence-corrected chi connectivity index (χ1v) is 7.30. The van der Waals surface area contributed by atoms with Crippen LogP contribution in [-0.2, 0) is 6.54 Å². The molecule has 1 heterocycles. The Morgan fingerprint density at radius 1 is 1.30 bits per heavy atom. The molecule has 0 bridgehead atoms. The van der Waals surface area contributed by atoms with E-state index in [-0.39, 0.29) is 0 Å². The number of nitrogens with zero attached hydrogens (tertiary/aromatic N) is 2. The number of thiocarbonyl (C=S) groups is 1. The molecule has 0 saturated carbocycles. The second kappa shape index (κ2) is 7.65. The quantitative estimate of drug-likeness (QED) is 0.633. The maximum atomic E-state index is 5.24. The van der Waals surface area contributed by atoms with Crippen LogP contribution in [0, 0.1) is 0 Å². The van der Waals surface area contributed by atoms with E-state index in [2.05, 4.69) is 34.8 Å². The van der Waals surface area contributed by atoms with Crippen molar-refractivity contribution in [2.24, 2.45) is 0 Å². The summed E-state index contributed by atoms with van der Waals surface area (Å²) in [6.45, 7) is 3.86. The van der Waals surface area contributed by atoms with Gasteiger partial charge in [0.05, 0.1) is 6.54 Å². The van der Waals surface area contributed by atoms with Crippen LogP contribution in [-0.4, -0.2) is 21.4 Å². The molecule has 5 heteroatoms. The molecule has 0 saturated heterocycles. The SMILES string of the molecule is CCCCNC(=S)Nc1ccc(Cn2cccn2)cc1. The third-order valence-electron chi connectivity index (χ3n) is 2.93. The van der Waals surface area contributed by atoms with Crippen LogP contribution < -0.4 is 10.6 Å². The Morgan fingerprint density at radius 2 is 2.10 bits per heavy atom. The molecule has 0 atom stereocenters. The van der Waals surface area contributed by atoms with Crippen LogP contribution in [0.15, 0.2) is 42.7 Å². The lowest BCUT2D eigenvalue weighted by atomic mass is 10.2. The fraction of sp³-hybridized carbons (Fsp3) is 0.333. The molecule has 0 amide bonds. The van der Waals surface area contributed by atoms with Crippen molar-refractivity contribution in [1.82, 2.24) is 15.1 Å². The number of rotatable bonds is 6. The maximum Gasteiger partial charge on any atom is 0.170 e. The summed E-state index contributed by atoms with van der Waals surface area (Å²) in [4.78, 5) is 0. The zero-order chi connectivity index (χ0) is 14.2. The standard InChI is InChI=1S/C15H20N4S/c1-2-3-9-16-15(20)18-14-7-5-13(6-8-14)12-19-11-4-10-17-19/h4-8,10-11H,2-3,9,12H2,1H3,(H2,16,18,20). The lowest BCUT2D eigenvalue weighted by Gasteiger charge is -2.10. The molecule has 2 rings (SSSR count). The summed E-state index contributed by atoms with van der Waals surface area (Å²) in [5, 5.41) is 11.2. The third-order valence-corrected chi connectivity index (χ3v) is 3.18. The van der Waals surface area contributed by atoms with E-state index in [0.29, 0.717) is 5.11 Å². The maximum absolute atomic E-state index is 5.24. The minimum atomic E-state index is 0.679. The predicted molar refractivity (Wildman–Crippen MR) is 86.9 cm³/mol. The Balaban J connectivity index is 1.83. The number of nitrogens with one attached hydrogen (secondary N) is 2. The topological polar surface area (TPSA) is 41.9 Å². The Hall–Kier alpha value is -1.88. The fourth-order valence-electron chi connectivity index (χ4n) is 1.83. The largest absolute Gasteiger partial charge is 0.362 e. The molecule has 0 aliphatic carbocycles. The summed E-state index contributed by atoms with van der Waals surface area (Å²) in [6.07, 6.45) is 6.04. The van der Waals surface area contributed by atoms with E-state index >= 15 is 0 Å². The molecule has 0 spiro atoms. The van der Waals surface area contributed by atoms with Gasteiger partial charge in [-0.2, -0.15) is 5.10 Å². The number of anilines is 1. The average molecular weight is 288 g/mol. The van der Waals surface area contributed by atoms with Gasteiger partial charge >= 0.3 is 0 Å². The summed E-state index contributed by atoms with van der Waals surface area (Å²) >= 11 is 5.24. The van der Waals surface area contributed by atoms with Gasteiger partial charge in [-0.25, -0.2) is 0 Å². The smallest absolute Gasteiger partial charge is 0.170 e. The molecule has 1 aromatic heterocycles.